The third kappa shape index (κ3) is 1.85. The maximum absolute atomic E-state index is 11.7. The van der Waals surface area contributed by atoms with Crippen molar-refractivity contribution in [3.05, 3.63) is 22.7 Å². The topological polar surface area (TPSA) is 73.4 Å². The lowest BCUT2D eigenvalue weighted by molar-refractivity contribution is -0.120. The van der Waals surface area contributed by atoms with Gasteiger partial charge in [-0.25, -0.2) is 0 Å². The Bertz CT molecular complexity index is 711. The Morgan fingerprint density at radius 3 is 2.80 bits per heavy atom. The van der Waals surface area contributed by atoms with Crippen molar-refractivity contribution < 1.29 is 9.53 Å². The molecule has 0 atom stereocenters. The number of halogens is 1. The van der Waals surface area contributed by atoms with Gasteiger partial charge < -0.3 is 15.4 Å². The van der Waals surface area contributed by atoms with Crippen molar-refractivity contribution in [1.29, 1.82) is 0 Å². The number of hydrogen-bond acceptors (Lipinski definition) is 4. The maximum Gasteiger partial charge on any atom is 0.264 e. The summed E-state index contributed by atoms with van der Waals surface area (Å²) in [6.07, 6.45) is 0. The second-order valence-corrected chi connectivity index (χ2v) is 5.39. The van der Waals surface area contributed by atoms with Crippen LogP contribution in [-0.2, 0) is 11.8 Å². The first-order valence-electron chi connectivity index (χ1n) is 6.01. The van der Waals surface area contributed by atoms with Gasteiger partial charge in [-0.15, -0.1) is 0 Å². The van der Waals surface area contributed by atoms with Gasteiger partial charge in [0.25, 0.3) is 5.91 Å². The van der Waals surface area contributed by atoms with E-state index in [0.29, 0.717) is 11.6 Å². The second-order valence-electron chi connectivity index (χ2n) is 4.60. The van der Waals surface area contributed by atoms with Crippen LogP contribution < -0.4 is 15.4 Å². The number of ether oxygens (including phenoxy) is 1. The number of benzene rings is 1. The van der Waals surface area contributed by atoms with E-state index < -0.39 is 0 Å². The van der Waals surface area contributed by atoms with Crippen molar-refractivity contribution in [2.75, 3.05) is 24.3 Å². The fourth-order valence-corrected chi connectivity index (χ4v) is 2.68. The fourth-order valence-electron chi connectivity index (χ4n) is 2.12. The van der Waals surface area contributed by atoms with E-state index in [1.807, 2.05) is 18.2 Å². The zero-order valence-corrected chi connectivity index (χ0v) is 12.6. The van der Waals surface area contributed by atoms with Crippen LogP contribution in [0.4, 0.5) is 11.5 Å². The van der Waals surface area contributed by atoms with Gasteiger partial charge in [-0.05, 0) is 34.1 Å². The molecule has 6 nitrogen and oxygen atoms in total. The molecule has 0 bridgehead atoms. The number of carbonyl (C=O) groups is 1. The number of fused-ring (bicyclic) bond motifs is 1. The molecule has 20 heavy (non-hydrogen) atoms. The lowest BCUT2D eigenvalue weighted by atomic mass is 10.1. The lowest BCUT2D eigenvalue weighted by Gasteiger charge is -2.26. The van der Waals surface area contributed by atoms with Crippen LogP contribution in [0.5, 0.6) is 5.75 Å². The summed E-state index contributed by atoms with van der Waals surface area (Å²) in [4.78, 5) is 13.3. The Morgan fingerprint density at radius 1 is 1.40 bits per heavy atom. The first-order chi connectivity index (χ1) is 9.49. The third-order valence-electron chi connectivity index (χ3n) is 3.35. The molecule has 0 saturated carbocycles. The number of nitrogen functional groups attached to an aromatic ring is 1. The maximum atomic E-state index is 11.7. The molecule has 1 aromatic carbocycles. The molecule has 0 spiro atoms. The van der Waals surface area contributed by atoms with Crippen LogP contribution in [0.15, 0.2) is 22.7 Å². The minimum atomic E-state index is -0.0748. The van der Waals surface area contributed by atoms with Gasteiger partial charge in [0.1, 0.15) is 17.3 Å². The number of anilines is 2. The summed E-state index contributed by atoms with van der Waals surface area (Å²) in [6.45, 7) is 0.0725. The molecule has 1 amide bonds. The number of carbonyl (C=O) groups excluding carboxylic acids is 1. The minimum absolute atomic E-state index is 0.0725. The van der Waals surface area contributed by atoms with Crippen molar-refractivity contribution in [3.8, 4) is 17.0 Å². The zero-order valence-electron chi connectivity index (χ0n) is 11.1. The van der Waals surface area contributed by atoms with Gasteiger partial charge >= 0.3 is 0 Å². The smallest absolute Gasteiger partial charge is 0.264 e. The Morgan fingerprint density at radius 2 is 2.15 bits per heavy atom. The van der Waals surface area contributed by atoms with E-state index in [1.54, 1.807) is 23.7 Å². The summed E-state index contributed by atoms with van der Waals surface area (Å²) in [7, 11) is 3.51. The summed E-state index contributed by atoms with van der Waals surface area (Å²) in [5.41, 5.74) is 8.23. The molecule has 104 valence electrons. The molecule has 2 aromatic rings. The van der Waals surface area contributed by atoms with E-state index >= 15 is 0 Å². The zero-order chi connectivity index (χ0) is 14.4. The monoisotopic (exact) mass is 336 g/mol. The average Bonchev–Trinajstić information content (AvgIpc) is 2.70. The Kier molecular flexibility index (Phi) is 2.93. The van der Waals surface area contributed by atoms with Gasteiger partial charge in [0.15, 0.2) is 6.61 Å². The number of aryl methyl sites for hydroxylation is 1. The highest BCUT2D eigenvalue weighted by Crippen LogP contribution is 2.38. The second kappa shape index (κ2) is 4.52. The van der Waals surface area contributed by atoms with Crippen LogP contribution in [0.1, 0.15) is 0 Å². The molecule has 2 N–H and O–H groups in total. The summed E-state index contributed by atoms with van der Waals surface area (Å²) in [6, 6.07) is 5.61. The van der Waals surface area contributed by atoms with Crippen molar-refractivity contribution in [2.24, 2.45) is 7.05 Å². The van der Waals surface area contributed by atoms with Gasteiger partial charge in [0.05, 0.1) is 10.2 Å². The lowest BCUT2D eigenvalue weighted by Crippen LogP contribution is -2.35. The molecule has 1 aliphatic heterocycles. The minimum Gasteiger partial charge on any atom is -0.482 e. The summed E-state index contributed by atoms with van der Waals surface area (Å²) >= 11 is 3.44. The molecule has 0 unspecified atom stereocenters. The number of hydrogen-bond donors (Lipinski definition) is 1. The van der Waals surface area contributed by atoms with Gasteiger partial charge in [0.2, 0.25) is 0 Å². The first-order valence-corrected chi connectivity index (χ1v) is 6.80. The van der Waals surface area contributed by atoms with Gasteiger partial charge in [-0.1, -0.05) is 0 Å². The summed E-state index contributed by atoms with van der Waals surface area (Å²) in [5.74, 6) is 1.17. The standard InChI is InChI=1S/C13H13BrN4O2/c1-17-8-5-7(3-4-9(8)20-6-10(17)19)12-11(14)13(15)18(2)16-12/h3-5H,6,15H2,1-2H3. The molecule has 0 fully saturated rings. The normalized spacial score (nSPS) is 14.2. The van der Waals surface area contributed by atoms with Crippen LogP contribution in [0.25, 0.3) is 11.3 Å². The van der Waals surface area contributed by atoms with Crippen molar-refractivity contribution in [3.63, 3.8) is 0 Å². The first kappa shape index (κ1) is 13.0. The van der Waals surface area contributed by atoms with Crippen molar-refractivity contribution >= 4 is 33.3 Å². The Hall–Kier alpha value is -2.02. The fraction of sp³-hybridized carbons (Fsp3) is 0.231. The van der Waals surface area contributed by atoms with Gasteiger partial charge in [0, 0.05) is 19.7 Å². The van der Waals surface area contributed by atoms with Crippen LogP contribution >= 0.6 is 15.9 Å². The highest BCUT2D eigenvalue weighted by atomic mass is 79.9. The molecule has 1 aliphatic rings. The number of aromatic nitrogens is 2. The van der Waals surface area contributed by atoms with Gasteiger partial charge in [-0.2, -0.15) is 5.10 Å². The molecule has 0 radical (unpaired) electrons. The molecule has 1 aromatic heterocycles. The number of likely N-dealkylation sites (N-methyl/N-ethyl adjacent to an activating group) is 1. The number of amides is 1. The Labute approximate surface area is 124 Å². The molecular weight excluding hydrogens is 324 g/mol. The molecule has 7 heteroatoms. The SMILES string of the molecule is CN1C(=O)COc2ccc(-c3nn(C)c(N)c3Br)cc21. The van der Waals surface area contributed by atoms with Crippen LogP contribution in [0.2, 0.25) is 0 Å². The summed E-state index contributed by atoms with van der Waals surface area (Å²) < 4.78 is 7.75. The average molecular weight is 337 g/mol. The van der Waals surface area contributed by atoms with E-state index in [-0.39, 0.29) is 12.5 Å². The highest BCUT2D eigenvalue weighted by Gasteiger charge is 2.23. The van der Waals surface area contributed by atoms with Crippen molar-refractivity contribution in [1.82, 2.24) is 9.78 Å². The molecule has 3 rings (SSSR count). The van der Waals surface area contributed by atoms with E-state index in [4.69, 9.17) is 10.5 Å². The van der Waals surface area contributed by atoms with Crippen LogP contribution in [0, 0.1) is 0 Å². The quantitative estimate of drug-likeness (QED) is 0.861. The Balaban J connectivity index is 2.12. The van der Waals surface area contributed by atoms with Gasteiger partial charge in [-0.3, -0.25) is 9.48 Å². The van der Waals surface area contributed by atoms with E-state index in [1.165, 1.54) is 0 Å². The predicted octanol–water partition coefficient (Wildman–Crippen LogP) is 1.79. The van der Waals surface area contributed by atoms with E-state index in [2.05, 4.69) is 21.0 Å². The molecule has 2 heterocycles. The van der Waals surface area contributed by atoms with E-state index in [9.17, 15) is 4.79 Å². The highest BCUT2D eigenvalue weighted by molar-refractivity contribution is 9.10. The van der Waals surface area contributed by atoms with Crippen LogP contribution in [-0.4, -0.2) is 29.3 Å². The van der Waals surface area contributed by atoms with Crippen molar-refractivity contribution in [2.45, 2.75) is 0 Å². The molecular formula is C13H13BrN4O2. The van der Waals surface area contributed by atoms with E-state index in [0.717, 1.165) is 21.4 Å². The number of nitrogens with two attached hydrogens (primary N) is 1. The third-order valence-corrected chi connectivity index (χ3v) is 4.13. The number of rotatable bonds is 1. The van der Waals surface area contributed by atoms with Crippen LogP contribution in [0.3, 0.4) is 0 Å². The predicted molar refractivity (Wildman–Crippen MR) is 79.7 cm³/mol. The largest absolute Gasteiger partial charge is 0.482 e. The summed E-state index contributed by atoms with van der Waals surface area (Å²) in [5, 5.41) is 4.37. The molecule has 0 saturated heterocycles. The number of nitrogens with zero attached hydrogens (tertiary/aromatic N) is 3. The molecule has 0 aliphatic carbocycles.